The fourth-order valence-electron chi connectivity index (χ4n) is 3.35. The molecule has 1 heterocycles. The van der Waals surface area contributed by atoms with E-state index in [0.29, 0.717) is 12.5 Å². The van der Waals surface area contributed by atoms with Crippen LogP contribution in [0, 0.1) is 17.4 Å². The van der Waals surface area contributed by atoms with Crippen LogP contribution in [0.25, 0.3) is 0 Å². The van der Waals surface area contributed by atoms with Gasteiger partial charge >= 0.3 is 5.97 Å². The molecule has 0 amide bonds. The van der Waals surface area contributed by atoms with Gasteiger partial charge in [0.25, 0.3) is 0 Å². The van der Waals surface area contributed by atoms with Gasteiger partial charge in [-0.1, -0.05) is 32.1 Å². The molecule has 1 aliphatic carbocycles. The molecule has 2 atom stereocenters. The Bertz CT molecular complexity index is 345. The van der Waals surface area contributed by atoms with Crippen LogP contribution in [0.4, 0.5) is 0 Å². The molecule has 2 fully saturated rings. The summed E-state index contributed by atoms with van der Waals surface area (Å²) in [5.74, 6) is 0.509. The SMILES string of the molecule is C[C@@H](CC1CCCCC1)OC(=O)C1CCCN1C#N. The molecule has 1 unspecified atom stereocenters. The fourth-order valence-corrected chi connectivity index (χ4v) is 3.35. The van der Waals surface area contributed by atoms with Crippen LogP contribution in [0.5, 0.6) is 0 Å². The molecule has 106 valence electrons. The van der Waals surface area contributed by atoms with Crippen LogP contribution < -0.4 is 0 Å². The average molecular weight is 264 g/mol. The van der Waals surface area contributed by atoms with Crippen LogP contribution in [-0.4, -0.2) is 29.6 Å². The van der Waals surface area contributed by atoms with Gasteiger partial charge < -0.3 is 4.74 Å². The first kappa shape index (κ1) is 14.2. The minimum absolute atomic E-state index is 0.0169. The molecule has 1 saturated heterocycles. The van der Waals surface area contributed by atoms with Crippen molar-refractivity contribution in [2.24, 2.45) is 5.92 Å². The van der Waals surface area contributed by atoms with Gasteiger partial charge in [-0.25, -0.2) is 4.79 Å². The lowest BCUT2D eigenvalue weighted by Crippen LogP contribution is -2.36. The highest BCUT2D eigenvalue weighted by Gasteiger charge is 2.32. The van der Waals surface area contributed by atoms with Gasteiger partial charge in [0, 0.05) is 6.54 Å². The highest BCUT2D eigenvalue weighted by molar-refractivity contribution is 5.76. The average Bonchev–Trinajstić information content (AvgIpc) is 2.88. The first-order chi connectivity index (χ1) is 9.20. The number of hydrogen-bond donors (Lipinski definition) is 0. The van der Waals surface area contributed by atoms with E-state index in [9.17, 15) is 4.79 Å². The first-order valence-corrected chi connectivity index (χ1v) is 7.57. The molecule has 2 aliphatic rings. The van der Waals surface area contributed by atoms with Crippen LogP contribution in [-0.2, 0) is 9.53 Å². The van der Waals surface area contributed by atoms with E-state index in [1.54, 1.807) is 4.90 Å². The van der Waals surface area contributed by atoms with E-state index in [2.05, 4.69) is 6.19 Å². The van der Waals surface area contributed by atoms with Crippen molar-refractivity contribution in [3.05, 3.63) is 0 Å². The van der Waals surface area contributed by atoms with Crippen LogP contribution >= 0.6 is 0 Å². The molecule has 0 N–H and O–H groups in total. The normalized spacial score (nSPS) is 25.9. The van der Waals surface area contributed by atoms with E-state index in [1.807, 2.05) is 6.92 Å². The molecule has 4 nitrogen and oxygen atoms in total. The summed E-state index contributed by atoms with van der Waals surface area (Å²) >= 11 is 0. The van der Waals surface area contributed by atoms with Crippen molar-refractivity contribution >= 4 is 5.97 Å². The van der Waals surface area contributed by atoms with Crippen LogP contribution in [0.3, 0.4) is 0 Å². The summed E-state index contributed by atoms with van der Waals surface area (Å²) in [7, 11) is 0. The van der Waals surface area contributed by atoms with Gasteiger partial charge in [-0.2, -0.15) is 5.26 Å². The Balaban J connectivity index is 1.76. The molecule has 0 aromatic heterocycles. The molecule has 2 rings (SSSR count). The Morgan fingerprint density at radius 2 is 2.05 bits per heavy atom. The molecule has 1 saturated carbocycles. The van der Waals surface area contributed by atoms with Crippen LogP contribution in [0.15, 0.2) is 0 Å². The zero-order valence-corrected chi connectivity index (χ0v) is 11.8. The maximum absolute atomic E-state index is 12.1. The molecule has 1 aliphatic heterocycles. The number of nitrogens with zero attached hydrogens (tertiary/aromatic N) is 2. The van der Waals surface area contributed by atoms with Gasteiger partial charge in [0.2, 0.25) is 0 Å². The Morgan fingerprint density at radius 1 is 1.32 bits per heavy atom. The molecular weight excluding hydrogens is 240 g/mol. The lowest BCUT2D eigenvalue weighted by Gasteiger charge is -2.26. The number of carbonyl (C=O) groups excluding carboxylic acids is 1. The summed E-state index contributed by atoms with van der Waals surface area (Å²) in [5.41, 5.74) is 0. The second-order valence-corrected chi connectivity index (χ2v) is 5.94. The summed E-state index contributed by atoms with van der Waals surface area (Å²) in [4.78, 5) is 13.6. The molecule has 0 bridgehead atoms. The third kappa shape index (κ3) is 3.86. The molecule has 0 aromatic rings. The predicted octanol–water partition coefficient (Wildman–Crippen LogP) is 2.83. The number of ether oxygens (including phenoxy) is 1. The van der Waals surface area contributed by atoms with Crippen molar-refractivity contribution < 1.29 is 9.53 Å². The summed E-state index contributed by atoms with van der Waals surface area (Å²) in [6, 6.07) is -0.334. The zero-order valence-electron chi connectivity index (χ0n) is 11.8. The number of hydrogen-bond acceptors (Lipinski definition) is 4. The van der Waals surface area contributed by atoms with E-state index < -0.39 is 0 Å². The van der Waals surface area contributed by atoms with E-state index >= 15 is 0 Å². The maximum Gasteiger partial charge on any atom is 0.329 e. The van der Waals surface area contributed by atoms with E-state index in [1.165, 1.54) is 32.1 Å². The molecule has 0 radical (unpaired) electrons. The van der Waals surface area contributed by atoms with Gasteiger partial charge in [0.1, 0.15) is 6.04 Å². The number of esters is 1. The predicted molar refractivity (Wildman–Crippen MR) is 72.1 cm³/mol. The highest BCUT2D eigenvalue weighted by Crippen LogP contribution is 2.28. The second kappa shape index (κ2) is 6.79. The minimum Gasteiger partial charge on any atom is -0.461 e. The first-order valence-electron chi connectivity index (χ1n) is 7.57. The van der Waals surface area contributed by atoms with Crippen molar-refractivity contribution in [3.8, 4) is 6.19 Å². The third-order valence-electron chi connectivity index (χ3n) is 4.36. The van der Waals surface area contributed by atoms with Gasteiger partial charge in [-0.05, 0) is 32.1 Å². The standard InChI is InChI=1S/C15H24N2O2/c1-12(10-13-6-3-2-4-7-13)19-15(18)14-8-5-9-17(14)11-16/h12-14H,2-10H2,1H3/t12-,14?/m0/s1. The van der Waals surface area contributed by atoms with Gasteiger partial charge in [-0.3, -0.25) is 4.90 Å². The highest BCUT2D eigenvalue weighted by atomic mass is 16.5. The molecule has 4 heteroatoms. The van der Waals surface area contributed by atoms with Crippen molar-refractivity contribution in [2.45, 2.75) is 70.4 Å². The quantitative estimate of drug-likeness (QED) is 0.579. The van der Waals surface area contributed by atoms with Crippen LogP contribution in [0.1, 0.15) is 58.3 Å². The second-order valence-electron chi connectivity index (χ2n) is 5.94. The largest absolute Gasteiger partial charge is 0.461 e. The Hall–Kier alpha value is -1.24. The summed E-state index contributed by atoms with van der Waals surface area (Å²) < 4.78 is 5.54. The smallest absolute Gasteiger partial charge is 0.329 e. The third-order valence-corrected chi connectivity index (χ3v) is 4.36. The Kier molecular flexibility index (Phi) is 5.07. The lowest BCUT2D eigenvalue weighted by molar-refractivity contribution is -0.153. The van der Waals surface area contributed by atoms with E-state index in [4.69, 9.17) is 10.00 Å². The topological polar surface area (TPSA) is 53.3 Å². The van der Waals surface area contributed by atoms with Gasteiger partial charge in [-0.15, -0.1) is 0 Å². The summed E-state index contributed by atoms with van der Waals surface area (Å²) in [6.07, 6.45) is 11.2. The number of carbonyl (C=O) groups is 1. The van der Waals surface area contributed by atoms with Crippen molar-refractivity contribution in [1.29, 1.82) is 5.26 Å². The lowest BCUT2D eigenvalue weighted by atomic mass is 9.85. The van der Waals surface area contributed by atoms with Gasteiger partial charge in [0.05, 0.1) is 6.10 Å². The summed E-state index contributed by atoms with van der Waals surface area (Å²) in [6.45, 7) is 2.67. The molecule has 0 spiro atoms. The zero-order chi connectivity index (χ0) is 13.7. The van der Waals surface area contributed by atoms with Crippen molar-refractivity contribution in [3.63, 3.8) is 0 Å². The summed E-state index contributed by atoms with van der Waals surface area (Å²) in [5, 5.41) is 8.95. The minimum atomic E-state index is -0.334. The number of likely N-dealkylation sites (tertiary alicyclic amines) is 1. The van der Waals surface area contributed by atoms with Crippen molar-refractivity contribution in [1.82, 2.24) is 4.90 Å². The fraction of sp³-hybridized carbons (Fsp3) is 0.867. The maximum atomic E-state index is 12.1. The van der Waals surface area contributed by atoms with E-state index in [-0.39, 0.29) is 18.1 Å². The Morgan fingerprint density at radius 3 is 2.74 bits per heavy atom. The number of rotatable bonds is 4. The van der Waals surface area contributed by atoms with Gasteiger partial charge in [0.15, 0.2) is 6.19 Å². The molecule has 0 aromatic carbocycles. The number of nitriles is 1. The van der Waals surface area contributed by atoms with Crippen LogP contribution in [0.2, 0.25) is 0 Å². The van der Waals surface area contributed by atoms with E-state index in [0.717, 1.165) is 19.3 Å². The Labute approximate surface area is 115 Å². The van der Waals surface area contributed by atoms with Crippen molar-refractivity contribution in [2.75, 3.05) is 6.54 Å². The monoisotopic (exact) mass is 264 g/mol. The molecule has 19 heavy (non-hydrogen) atoms. The molecular formula is C15H24N2O2.